The summed E-state index contributed by atoms with van der Waals surface area (Å²) in [6, 6.07) is 6.50. The van der Waals surface area contributed by atoms with E-state index in [1.807, 2.05) is 0 Å². The molecular weight excluding hydrogens is 336 g/mol. The van der Waals surface area contributed by atoms with E-state index in [4.69, 9.17) is 16.3 Å². The molecule has 1 N–H and O–H groups in total. The number of halogens is 1. The molecule has 130 valence electrons. The smallest absolute Gasteiger partial charge is 0.240 e. The van der Waals surface area contributed by atoms with Crippen molar-refractivity contribution in [3.63, 3.8) is 0 Å². The predicted octanol–water partition coefficient (Wildman–Crippen LogP) is 2.37. The third-order valence-electron chi connectivity index (χ3n) is 3.92. The molecule has 1 heterocycles. The van der Waals surface area contributed by atoms with Crippen LogP contribution in [0.5, 0.6) is 0 Å². The molecule has 0 saturated carbocycles. The van der Waals surface area contributed by atoms with Gasteiger partial charge in [-0.1, -0.05) is 31.5 Å². The van der Waals surface area contributed by atoms with E-state index in [2.05, 4.69) is 23.5 Å². The summed E-state index contributed by atoms with van der Waals surface area (Å²) in [6.07, 6.45) is 0.943. The molecule has 1 aliphatic heterocycles. The first-order valence-corrected chi connectivity index (χ1v) is 9.81. The second-order valence-corrected chi connectivity index (χ2v) is 8.44. The Balaban J connectivity index is 2.04. The molecule has 0 bridgehead atoms. The van der Waals surface area contributed by atoms with E-state index in [1.165, 1.54) is 6.07 Å². The molecule has 0 unspecified atom stereocenters. The fourth-order valence-electron chi connectivity index (χ4n) is 2.77. The van der Waals surface area contributed by atoms with Crippen LogP contribution in [0.1, 0.15) is 20.3 Å². The summed E-state index contributed by atoms with van der Waals surface area (Å²) in [5.41, 5.74) is 0. The number of rotatable bonds is 7. The summed E-state index contributed by atoms with van der Waals surface area (Å²) in [7, 11) is -3.54. The van der Waals surface area contributed by atoms with Gasteiger partial charge in [-0.15, -0.1) is 0 Å². The fourth-order valence-corrected chi connectivity index (χ4v) is 4.14. The average molecular weight is 361 g/mol. The first kappa shape index (κ1) is 18.7. The molecule has 23 heavy (non-hydrogen) atoms. The van der Waals surface area contributed by atoms with Crippen molar-refractivity contribution in [1.29, 1.82) is 0 Å². The van der Waals surface area contributed by atoms with Gasteiger partial charge in [0.2, 0.25) is 10.0 Å². The van der Waals surface area contributed by atoms with Crippen molar-refractivity contribution in [3.8, 4) is 0 Å². The predicted molar refractivity (Wildman–Crippen MR) is 92.3 cm³/mol. The van der Waals surface area contributed by atoms with E-state index in [0.29, 0.717) is 30.7 Å². The van der Waals surface area contributed by atoms with Gasteiger partial charge in [0.15, 0.2) is 0 Å². The Labute approximate surface area is 144 Å². The molecule has 1 fully saturated rings. The minimum atomic E-state index is -3.54. The Bertz CT molecular complexity index is 601. The number of hydrogen-bond acceptors (Lipinski definition) is 4. The van der Waals surface area contributed by atoms with Crippen LogP contribution >= 0.6 is 11.6 Å². The van der Waals surface area contributed by atoms with Crippen LogP contribution in [0, 0.1) is 5.92 Å². The largest absolute Gasteiger partial charge is 0.379 e. The van der Waals surface area contributed by atoms with Crippen LogP contribution in [-0.2, 0) is 14.8 Å². The first-order valence-electron chi connectivity index (χ1n) is 7.95. The van der Waals surface area contributed by atoms with Gasteiger partial charge in [-0.2, -0.15) is 0 Å². The van der Waals surface area contributed by atoms with Gasteiger partial charge in [0.25, 0.3) is 0 Å². The van der Waals surface area contributed by atoms with Crippen LogP contribution in [0.4, 0.5) is 0 Å². The summed E-state index contributed by atoms with van der Waals surface area (Å²) in [6.45, 7) is 7.79. The lowest BCUT2D eigenvalue weighted by Crippen LogP contribution is -2.49. The summed E-state index contributed by atoms with van der Waals surface area (Å²) < 4.78 is 33.0. The van der Waals surface area contributed by atoms with E-state index in [1.54, 1.807) is 18.2 Å². The number of sulfonamides is 1. The molecule has 1 atom stereocenters. The van der Waals surface area contributed by atoms with Crippen LogP contribution in [0.25, 0.3) is 0 Å². The van der Waals surface area contributed by atoms with Crippen molar-refractivity contribution < 1.29 is 13.2 Å². The minimum absolute atomic E-state index is 0.174. The van der Waals surface area contributed by atoms with Crippen LogP contribution in [0.15, 0.2) is 29.2 Å². The third kappa shape index (κ3) is 5.72. The summed E-state index contributed by atoms with van der Waals surface area (Å²) in [5, 5.41) is 0.416. The molecule has 0 radical (unpaired) electrons. The van der Waals surface area contributed by atoms with E-state index < -0.39 is 10.0 Å². The van der Waals surface area contributed by atoms with Crippen molar-refractivity contribution in [3.05, 3.63) is 29.3 Å². The number of benzene rings is 1. The molecule has 0 amide bonds. The third-order valence-corrected chi connectivity index (χ3v) is 5.58. The summed E-state index contributed by atoms with van der Waals surface area (Å²) in [4.78, 5) is 2.51. The van der Waals surface area contributed by atoms with Gasteiger partial charge in [-0.05, 0) is 30.5 Å². The van der Waals surface area contributed by atoms with Gasteiger partial charge < -0.3 is 4.74 Å². The molecule has 1 saturated heterocycles. The molecule has 1 aromatic carbocycles. The highest BCUT2D eigenvalue weighted by Crippen LogP contribution is 2.17. The zero-order chi connectivity index (χ0) is 16.9. The highest BCUT2D eigenvalue weighted by Gasteiger charge is 2.24. The Morgan fingerprint density at radius 3 is 2.61 bits per heavy atom. The number of morpholine rings is 1. The lowest BCUT2D eigenvalue weighted by atomic mass is 10.0. The van der Waals surface area contributed by atoms with Gasteiger partial charge in [0.1, 0.15) is 0 Å². The van der Waals surface area contributed by atoms with E-state index in [0.717, 1.165) is 19.5 Å². The maximum Gasteiger partial charge on any atom is 0.240 e. The topological polar surface area (TPSA) is 58.6 Å². The zero-order valence-corrected chi connectivity index (χ0v) is 15.2. The first-order chi connectivity index (χ1) is 10.9. The average Bonchev–Trinajstić information content (AvgIpc) is 2.52. The molecule has 0 aromatic heterocycles. The molecule has 0 aliphatic carbocycles. The van der Waals surface area contributed by atoms with Crippen LogP contribution in [-0.4, -0.2) is 52.2 Å². The lowest BCUT2D eigenvalue weighted by molar-refractivity contribution is 0.0134. The molecule has 1 aliphatic rings. The van der Waals surface area contributed by atoms with Crippen LogP contribution < -0.4 is 4.72 Å². The number of nitrogens with zero attached hydrogens (tertiary/aromatic N) is 1. The second-order valence-electron chi connectivity index (χ2n) is 6.24. The van der Waals surface area contributed by atoms with Crippen molar-refractivity contribution in [1.82, 2.24) is 9.62 Å². The maximum absolute atomic E-state index is 12.4. The summed E-state index contributed by atoms with van der Waals surface area (Å²) >= 11 is 5.89. The Hall–Kier alpha value is -0.660. The monoisotopic (exact) mass is 360 g/mol. The van der Waals surface area contributed by atoms with Crippen molar-refractivity contribution in [2.75, 3.05) is 32.8 Å². The Morgan fingerprint density at radius 1 is 1.30 bits per heavy atom. The maximum atomic E-state index is 12.4. The van der Waals surface area contributed by atoms with Crippen LogP contribution in [0.3, 0.4) is 0 Å². The second kappa shape index (κ2) is 8.44. The van der Waals surface area contributed by atoms with Gasteiger partial charge in [0, 0.05) is 30.7 Å². The van der Waals surface area contributed by atoms with Crippen LogP contribution in [0.2, 0.25) is 5.02 Å². The van der Waals surface area contributed by atoms with Gasteiger partial charge in [-0.25, -0.2) is 13.1 Å². The van der Waals surface area contributed by atoms with Gasteiger partial charge in [0.05, 0.1) is 18.1 Å². The highest BCUT2D eigenvalue weighted by atomic mass is 35.5. The van der Waals surface area contributed by atoms with E-state index >= 15 is 0 Å². The number of ether oxygens (including phenoxy) is 1. The summed E-state index contributed by atoms with van der Waals surface area (Å²) in [5.74, 6) is 0.499. The normalized spacial score (nSPS) is 18.3. The minimum Gasteiger partial charge on any atom is -0.379 e. The van der Waals surface area contributed by atoms with Gasteiger partial charge >= 0.3 is 0 Å². The Morgan fingerprint density at radius 2 is 2.00 bits per heavy atom. The zero-order valence-electron chi connectivity index (χ0n) is 13.7. The van der Waals surface area contributed by atoms with E-state index in [-0.39, 0.29) is 10.9 Å². The lowest BCUT2D eigenvalue weighted by Gasteiger charge is -2.35. The molecule has 0 spiro atoms. The van der Waals surface area contributed by atoms with E-state index in [9.17, 15) is 8.42 Å². The quantitative estimate of drug-likeness (QED) is 0.811. The number of hydrogen-bond donors (Lipinski definition) is 1. The SMILES string of the molecule is CC(C)C[C@@H](CNS(=O)(=O)c1cccc(Cl)c1)N1CCOCC1. The van der Waals surface area contributed by atoms with Crippen molar-refractivity contribution in [2.45, 2.75) is 31.2 Å². The molecular formula is C16H25ClN2O3S. The molecule has 5 nitrogen and oxygen atoms in total. The number of nitrogens with one attached hydrogen (secondary N) is 1. The molecule has 2 rings (SSSR count). The molecule has 1 aromatic rings. The van der Waals surface area contributed by atoms with Crippen molar-refractivity contribution in [2.24, 2.45) is 5.92 Å². The highest BCUT2D eigenvalue weighted by molar-refractivity contribution is 7.89. The molecule has 7 heteroatoms. The standard InChI is InChI=1S/C16H25ClN2O3S/c1-13(2)10-15(19-6-8-22-9-7-19)12-18-23(20,21)16-5-3-4-14(17)11-16/h3-5,11,13,15,18H,6-10,12H2,1-2H3/t15-/m0/s1. The van der Waals surface area contributed by atoms with Gasteiger partial charge in [-0.3, -0.25) is 4.90 Å². The fraction of sp³-hybridized carbons (Fsp3) is 0.625. The van der Waals surface area contributed by atoms with Crippen molar-refractivity contribution >= 4 is 21.6 Å². The Kier molecular flexibility index (Phi) is 6.85.